The molecule has 2 rings (SSSR count). The molecule has 8 nitrogen and oxygen atoms in total. The van der Waals surface area contributed by atoms with Crippen molar-refractivity contribution in [3.05, 3.63) is 35.9 Å². The van der Waals surface area contributed by atoms with Gasteiger partial charge in [-0.25, -0.2) is 4.79 Å². The maximum atomic E-state index is 12.5. The molecule has 3 atom stereocenters. The number of carboxylic acids is 1. The Balaban J connectivity index is 1.97. The minimum Gasteiger partial charge on any atom is -0.480 e. The lowest BCUT2D eigenvalue weighted by Crippen LogP contribution is -2.56. The Morgan fingerprint density at radius 1 is 1.28 bits per heavy atom. The normalized spacial score (nSPS) is 19.3. The van der Waals surface area contributed by atoms with Gasteiger partial charge in [0.1, 0.15) is 12.1 Å². The van der Waals surface area contributed by atoms with Crippen LogP contribution in [0.1, 0.15) is 18.4 Å². The third kappa shape index (κ3) is 4.77. The third-order valence-electron chi connectivity index (χ3n) is 4.25. The first-order chi connectivity index (χ1) is 11.9. The van der Waals surface area contributed by atoms with E-state index in [4.69, 9.17) is 10.8 Å². The van der Waals surface area contributed by atoms with Crippen molar-refractivity contribution in [1.82, 2.24) is 10.2 Å². The van der Waals surface area contributed by atoms with E-state index < -0.39 is 42.5 Å². The Morgan fingerprint density at radius 2 is 1.96 bits per heavy atom. The first kappa shape index (κ1) is 18.9. The van der Waals surface area contributed by atoms with Gasteiger partial charge in [-0.15, -0.1) is 0 Å². The van der Waals surface area contributed by atoms with Gasteiger partial charge in [-0.2, -0.15) is 0 Å². The number of likely N-dealkylation sites (tertiary alicyclic amines) is 1. The Kier molecular flexibility index (Phi) is 6.49. The molecule has 1 fully saturated rings. The van der Waals surface area contributed by atoms with Gasteiger partial charge < -0.3 is 26.2 Å². The molecule has 25 heavy (non-hydrogen) atoms. The van der Waals surface area contributed by atoms with E-state index >= 15 is 0 Å². The molecular weight excluding hydrogens is 326 g/mol. The van der Waals surface area contributed by atoms with Crippen molar-refractivity contribution in [2.45, 2.75) is 37.4 Å². The second-order valence-corrected chi connectivity index (χ2v) is 6.07. The molecule has 1 aliphatic heterocycles. The summed E-state index contributed by atoms with van der Waals surface area (Å²) in [7, 11) is 0. The van der Waals surface area contributed by atoms with Gasteiger partial charge >= 0.3 is 5.97 Å². The number of rotatable bonds is 7. The van der Waals surface area contributed by atoms with Crippen molar-refractivity contribution in [2.75, 3.05) is 13.2 Å². The number of amides is 2. The van der Waals surface area contributed by atoms with Gasteiger partial charge in [-0.05, 0) is 24.8 Å². The van der Waals surface area contributed by atoms with Gasteiger partial charge in [0, 0.05) is 6.54 Å². The van der Waals surface area contributed by atoms with Crippen LogP contribution in [-0.2, 0) is 20.8 Å². The smallest absolute Gasteiger partial charge is 0.326 e. The van der Waals surface area contributed by atoms with E-state index in [0.717, 1.165) is 5.56 Å². The van der Waals surface area contributed by atoms with Crippen molar-refractivity contribution in [3.63, 3.8) is 0 Å². The van der Waals surface area contributed by atoms with Crippen LogP contribution in [0.25, 0.3) is 0 Å². The zero-order valence-electron chi connectivity index (χ0n) is 13.8. The lowest BCUT2D eigenvalue weighted by atomic mass is 10.1. The van der Waals surface area contributed by atoms with Crippen LogP contribution in [0, 0.1) is 0 Å². The fourth-order valence-corrected chi connectivity index (χ4v) is 2.91. The predicted molar refractivity (Wildman–Crippen MR) is 89.5 cm³/mol. The molecule has 0 bridgehead atoms. The quantitative estimate of drug-likeness (QED) is 0.505. The summed E-state index contributed by atoms with van der Waals surface area (Å²) in [6.07, 6.45) is 1.23. The highest BCUT2D eigenvalue weighted by Crippen LogP contribution is 2.18. The van der Waals surface area contributed by atoms with E-state index in [1.165, 1.54) is 4.90 Å². The lowest BCUT2D eigenvalue weighted by Gasteiger charge is -2.27. The highest BCUT2D eigenvalue weighted by molar-refractivity contribution is 5.92. The number of hydrogen-bond donors (Lipinski definition) is 4. The Hall–Kier alpha value is -2.45. The van der Waals surface area contributed by atoms with Crippen molar-refractivity contribution < 1.29 is 24.6 Å². The van der Waals surface area contributed by atoms with Gasteiger partial charge in [0.15, 0.2) is 0 Å². The minimum absolute atomic E-state index is 0.290. The zero-order valence-corrected chi connectivity index (χ0v) is 13.8. The molecule has 136 valence electrons. The standard InChI is InChI=1S/C17H23N3O5/c18-12(9-11-5-2-1-3-6-11)15(22)19-13(10-21)16(23)20-8-4-7-14(20)17(24)25/h1-3,5-6,12-14,21H,4,7-10,18H2,(H,19,22)(H,24,25). The minimum atomic E-state index is -1.20. The SMILES string of the molecule is NC(Cc1ccccc1)C(=O)NC(CO)C(=O)N1CCCC1C(=O)O. The van der Waals surface area contributed by atoms with E-state index in [1.54, 1.807) is 0 Å². The number of benzene rings is 1. The van der Waals surface area contributed by atoms with Crippen LogP contribution in [0.2, 0.25) is 0 Å². The number of carboxylic acid groups (broad SMARTS) is 1. The van der Waals surface area contributed by atoms with Crippen molar-refractivity contribution in [1.29, 1.82) is 0 Å². The van der Waals surface area contributed by atoms with Gasteiger partial charge in [0.25, 0.3) is 0 Å². The molecule has 8 heteroatoms. The van der Waals surface area contributed by atoms with E-state index in [1.807, 2.05) is 30.3 Å². The fourth-order valence-electron chi connectivity index (χ4n) is 2.91. The van der Waals surface area contributed by atoms with Gasteiger partial charge in [0.2, 0.25) is 11.8 Å². The van der Waals surface area contributed by atoms with E-state index in [2.05, 4.69) is 5.32 Å². The lowest BCUT2D eigenvalue weighted by molar-refractivity contribution is -0.149. The Labute approximate surface area is 145 Å². The highest BCUT2D eigenvalue weighted by Gasteiger charge is 2.37. The predicted octanol–water partition coefficient (Wildman–Crippen LogP) is -0.891. The molecule has 0 aliphatic carbocycles. The molecule has 3 unspecified atom stereocenters. The molecule has 2 amide bonds. The van der Waals surface area contributed by atoms with E-state index in [9.17, 15) is 19.5 Å². The Bertz CT molecular complexity index is 622. The summed E-state index contributed by atoms with van der Waals surface area (Å²) < 4.78 is 0. The topological polar surface area (TPSA) is 133 Å². The number of aliphatic hydroxyl groups excluding tert-OH is 1. The molecule has 1 aromatic carbocycles. The fraction of sp³-hybridized carbons (Fsp3) is 0.471. The van der Waals surface area contributed by atoms with Crippen LogP contribution in [0.5, 0.6) is 0 Å². The van der Waals surface area contributed by atoms with Crippen LogP contribution < -0.4 is 11.1 Å². The summed E-state index contributed by atoms with van der Waals surface area (Å²) in [5.41, 5.74) is 6.75. The monoisotopic (exact) mass is 349 g/mol. The summed E-state index contributed by atoms with van der Waals surface area (Å²) in [5.74, 6) is -2.26. The average Bonchev–Trinajstić information content (AvgIpc) is 3.09. The van der Waals surface area contributed by atoms with Crippen molar-refractivity contribution in [3.8, 4) is 0 Å². The summed E-state index contributed by atoms with van der Waals surface area (Å²) in [4.78, 5) is 37.1. The molecule has 0 aromatic heterocycles. The molecule has 1 aliphatic rings. The van der Waals surface area contributed by atoms with E-state index in [0.29, 0.717) is 19.3 Å². The average molecular weight is 349 g/mol. The van der Waals surface area contributed by atoms with Gasteiger partial charge in [0.05, 0.1) is 12.6 Å². The second-order valence-electron chi connectivity index (χ2n) is 6.07. The summed E-state index contributed by atoms with van der Waals surface area (Å²) >= 11 is 0. The van der Waals surface area contributed by atoms with Crippen molar-refractivity contribution in [2.24, 2.45) is 5.73 Å². The molecule has 1 heterocycles. The first-order valence-corrected chi connectivity index (χ1v) is 8.18. The summed E-state index contributed by atoms with van der Waals surface area (Å²) in [6, 6.07) is 6.19. The zero-order chi connectivity index (χ0) is 18.4. The van der Waals surface area contributed by atoms with Crippen LogP contribution in [0.4, 0.5) is 0 Å². The largest absolute Gasteiger partial charge is 0.480 e. The van der Waals surface area contributed by atoms with Crippen LogP contribution in [0.15, 0.2) is 30.3 Å². The third-order valence-corrected chi connectivity index (χ3v) is 4.25. The molecular formula is C17H23N3O5. The second kappa shape index (κ2) is 8.59. The number of carbonyl (C=O) groups excluding carboxylic acids is 2. The Morgan fingerprint density at radius 3 is 2.56 bits per heavy atom. The molecule has 1 aromatic rings. The number of nitrogens with zero attached hydrogens (tertiary/aromatic N) is 1. The number of nitrogens with two attached hydrogens (primary N) is 1. The molecule has 0 saturated carbocycles. The number of nitrogens with one attached hydrogen (secondary N) is 1. The summed E-state index contributed by atoms with van der Waals surface area (Å²) in [5, 5.41) is 21.0. The number of aliphatic hydroxyl groups is 1. The molecule has 0 spiro atoms. The molecule has 0 radical (unpaired) electrons. The van der Waals surface area contributed by atoms with E-state index in [-0.39, 0.29) is 6.54 Å². The number of aliphatic carboxylic acids is 1. The highest BCUT2D eigenvalue weighted by atomic mass is 16.4. The molecule has 1 saturated heterocycles. The molecule has 5 N–H and O–H groups in total. The van der Waals surface area contributed by atoms with Crippen LogP contribution in [0.3, 0.4) is 0 Å². The van der Waals surface area contributed by atoms with Gasteiger partial charge in [-0.3, -0.25) is 9.59 Å². The van der Waals surface area contributed by atoms with Crippen LogP contribution >= 0.6 is 0 Å². The summed E-state index contributed by atoms with van der Waals surface area (Å²) in [6.45, 7) is -0.330. The van der Waals surface area contributed by atoms with Crippen molar-refractivity contribution >= 4 is 17.8 Å². The number of carbonyl (C=O) groups is 3. The maximum absolute atomic E-state index is 12.5. The maximum Gasteiger partial charge on any atom is 0.326 e. The number of hydrogen-bond acceptors (Lipinski definition) is 5. The van der Waals surface area contributed by atoms with Gasteiger partial charge in [-0.1, -0.05) is 30.3 Å². The first-order valence-electron chi connectivity index (χ1n) is 8.18. The van der Waals surface area contributed by atoms with Crippen LogP contribution in [-0.4, -0.2) is 64.2 Å².